The van der Waals surface area contributed by atoms with Crippen LogP contribution < -0.4 is 10.6 Å². The first-order valence-corrected chi connectivity index (χ1v) is 5.62. The normalized spacial score (nSPS) is 12.2. The molecule has 17 heavy (non-hydrogen) atoms. The van der Waals surface area contributed by atoms with E-state index in [2.05, 4.69) is 34.1 Å². The van der Waals surface area contributed by atoms with Gasteiger partial charge in [-0.15, -0.1) is 0 Å². The van der Waals surface area contributed by atoms with Crippen LogP contribution in [-0.4, -0.2) is 19.1 Å². The molecule has 0 fully saturated rings. The van der Waals surface area contributed by atoms with Crippen molar-refractivity contribution in [3.63, 3.8) is 0 Å². The van der Waals surface area contributed by atoms with Crippen molar-refractivity contribution in [1.82, 2.24) is 4.98 Å². The third kappa shape index (κ3) is 2.63. The van der Waals surface area contributed by atoms with E-state index in [0.29, 0.717) is 0 Å². The van der Waals surface area contributed by atoms with Gasteiger partial charge >= 0.3 is 0 Å². The summed E-state index contributed by atoms with van der Waals surface area (Å²) in [6, 6.07) is 13.9. The Bertz CT molecular complexity index is 463. The zero-order valence-electron chi connectivity index (χ0n) is 10.2. The van der Waals surface area contributed by atoms with Crippen LogP contribution in [0.25, 0.3) is 0 Å². The maximum atomic E-state index is 6.17. The van der Waals surface area contributed by atoms with E-state index in [0.717, 1.165) is 11.3 Å². The van der Waals surface area contributed by atoms with Crippen LogP contribution in [0.4, 0.5) is 5.69 Å². The van der Waals surface area contributed by atoms with Crippen LogP contribution in [0, 0.1) is 0 Å². The van der Waals surface area contributed by atoms with Gasteiger partial charge in [0.25, 0.3) is 0 Å². The highest BCUT2D eigenvalue weighted by atomic mass is 15.1. The first-order chi connectivity index (χ1) is 8.18. The monoisotopic (exact) mass is 227 g/mol. The summed E-state index contributed by atoms with van der Waals surface area (Å²) in [5.41, 5.74) is 9.31. The van der Waals surface area contributed by atoms with E-state index in [9.17, 15) is 0 Å². The molecule has 0 aliphatic heterocycles. The zero-order valence-corrected chi connectivity index (χ0v) is 10.2. The first-order valence-electron chi connectivity index (χ1n) is 5.62. The first kappa shape index (κ1) is 11.6. The molecule has 1 atom stereocenters. The Morgan fingerprint density at radius 2 is 1.76 bits per heavy atom. The Kier molecular flexibility index (Phi) is 3.40. The Labute approximate surface area is 102 Å². The molecule has 0 spiro atoms. The van der Waals surface area contributed by atoms with Crippen molar-refractivity contribution in [3.05, 3.63) is 59.9 Å². The number of pyridine rings is 1. The van der Waals surface area contributed by atoms with E-state index in [4.69, 9.17) is 5.73 Å². The number of nitrogens with zero attached hydrogens (tertiary/aromatic N) is 2. The Morgan fingerprint density at radius 1 is 1.06 bits per heavy atom. The van der Waals surface area contributed by atoms with Crippen LogP contribution in [0.3, 0.4) is 0 Å². The van der Waals surface area contributed by atoms with Crippen molar-refractivity contribution in [2.75, 3.05) is 19.0 Å². The average Bonchev–Trinajstić information content (AvgIpc) is 2.39. The number of nitrogens with two attached hydrogens (primary N) is 1. The van der Waals surface area contributed by atoms with Gasteiger partial charge in [-0.3, -0.25) is 4.98 Å². The van der Waals surface area contributed by atoms with E-state index in [1.165, 1.54) is 5.69 Å². The molecular weight excluding hydrogens is 210 g/mol. The van der Waals surface area contributed by atoms with Crippen molar-refractivity contribution in [2.24, 2.45) is 5.73 Å². The molecule has 3 heteroatoms. The van der Waals surface area contributed by atoms with Crippen LogP contribution >= 0.6 is 0 Å². The minimum Gasteiger partial charge on any atom is -0.378 e. The Balaban J connectivity index is 2.23. The minimum absolute atomic E-state index is 0.160. The largest absolute Gasteiger partial charge is 0.378 e. The molecular formula is C14H17N3. The van der Waals surface area contributed by atoms with Gasteiger partial charge in [0, 0.05) is 26.0 Å². The molecule has 1 heterocycles. The summed E-state index contributed by atoms with van der Waals surface area (Å²) < 4.78 is 0. The molecule has 1 unspecified atom stereocenters. The number of hydrogen-bond donors (Lipinski definition) is 1. The summed E-state index contributed by atoms with van der Waals surface area (Å²) in [5.74, 6) is 0. The fraction of sp³-hybridized carbons (Fsp3) is 0.214. The van der Waals surface area contributed by atoms with E-state index < -0.39 is 0 Å². The lowest BCUT2D eigenvalue weighted by molar-refractivity contribution is 0.828. The molecule has 2 aromatic rings. The second-order valence-corrected chi connectivity index (χ2v) is 4.22. The summed E-state index contributed by atoms with van der Waals surface area (Å²) in [6.07, 6.45) is 1.77. The maximum absolute atomic E-state index is 6.17. The second kappa shape index (κ2) is 4.97. The topological polar surface area (TPSA) is 42.1 Å². The summed E-state index contributed by atoms with van der Waals surface area (Å²) in [5, 5.41) is 0. The fourth-order valence-corrected chi connectivity index (χ4v) is 1.71. The molecule has 2 N–H and O–H groups in total. The molecule has 0 aliphatic carbocycles. The average molecular weight is 227 g/mol. The molecule has 1 aromatic heterocycles. The quantitative estimate of drug-likeness (QED) is 0.874. The van der Waals surface area contributed by atoms with Gasteiger partial charge in [-0.05, 0) is 29.8 Å². The van der Waals surface area contributed by atoms with E-state index >= 15 is 0 Å². The molecule has 0 amide bonds. The number of hydrogen-bond acceptors (Lipinski definition) is 3. The molecule has 0 aliphatic rings. The standard InChI is InChI=1S/C14H17N3/c1-17(2)12-8-6-11(7-9-12)14(15)13-5-3-4-10-16-13/h3-10,14H,15H2,1-2H3. The number of benzene rings is 1. The highest BCUT2D eigenvalue weighted by molar-refractivity contribution is 5.47. The smallest absolute Gasteiger partial charge is 0.0726 e. The predicted molar refractivity (Wildman–Crippen MR) is 71.0 cm³/mol. The number of anilines is 1. The molecule has 3 nitrogen and oxygen atoms in total. The number of rotatable bonds is 3. The van der Waals surface area contributed by atoms with Crippen molar-refractivity contribution in [2.45, 2.75) is 6.04 Å². The van der Waals surface area contributed by atoms with Gasteiger partial charge in [0.1, 0.15) is 0 Å². The molecule has 0 radical (unpaired) electrons. The van der Waals surface area contributed by atoms with E-state index in [1.807, 2.05) is 32.3 Å². The minimum atomic E-state index is -0.160. The van der Waals surface area contributed by atoms with Gasteiger partial charge < -0.3 is 10.6 Å². The lowest BCUT2D eigenvalue weighted by Crippen LogP contribution is -2.14. The number of aromatic nitrogens is 1. The third-order valence-electron chi connectivity index (χ3n) is 2.78. The van der Waals surface area contributed by atoms with Gasteiger partial charge in [-0.1, -0.05) is 18.2 Å². The maximum Gasteiger partial charge on any atom is 0.0726 e. The molecule has 88 valence electrons. The van der Waals surface area contributed by atoms with E-state index in [1.54, 1.807) is 6.20 Å². The molecule has 1 aromatic carbocycles. The van der Waals surface area contributed by atoms with E-state index in [-0.39, 0.29) is 6.04 Å². The second-order valence-electron chi connectivity index (χ2n) is 4.22. The highest BCUT2D eigenvalue weighted by Gasteiger charge is 2.09. The summed E-state index contributed by atoms with van der Waals surface area (Å²) >= 11 is 0. The van der Waals surface area contributed by atoms with Crippen molar-refractivity contribution in [3.8, 4) is 0 Å². The van der Waals surface area contributed by atoms with Crippen LogP contribution in [0.15, 0.2) is 48.7 Å². The molecule has 2 rings (SSSR count). The SMILES string of the molecule is CN(C)c1ccc(C(N)c2ccccn2)cc1. The van der Waals surface area contributed by atoms with Gasteiger partial charge in [0.05, 0.1) is 11.7 Å². The molecule has 0 saturated heterocycles. The van der Waals surface area contributed by atoms with Crippen LogP contribution in [-0.2, 0) is 0 Å². The van der Waals surface area contributed by atoms with Gasteiger partial charge in [-0.2, -0.15) is 0 Å². The zero-order chi connectivity index (χ0) is 12.3. The van der Waals surface area contributed by atoms with Crippen LogP contribution in [0.5, 0.6) is 0 Å². The Morgan fingerprint density at radius 3 is 2.29 bits per heavy atom. The van der Waals surface area contributed by atoms with Crippen molar-refractivity contribution >= 4 is 5.69 Å². The summed E-state index contributed by atoms with van der Waals surface area (Å²) in [6.45, 7) is 0. The third-order valence-corrected chi connectivity index (χ3v) is 2.78. The lowest BCUT2D eigenvalue weighted by Gasteiger charge is -2.15. The lowest BCUT2D eigenvalue weighted by atomic mass is 10.0. The van der Waals surface area contributed by atoms with Crippen molar-refractivity contribution in [1.29, 1.82) is 0 Å². The summed E-state index contributed by atoms with van der Waals surface area (Å²) in [4.78, 5) is 6.34. The van der Waals surface area contributed by atoms with Gasteiger partial charge in [-0.25, -0.2) is 0 Å². The fourth-order valence-electron chi connectivity index (χ4n) is 1.71. The summed E-state index contributed by atoms with van der Waals surface area (Å²) in [7, 11) is 4.04. The van der Waals surface area contributed by atoms with Crippen molar-refractivity contribution < 1.29 is 0 Å². The molecule has 0 bridgehead atoms. The molecule has 0 saturated carbocycles. The van der Waals surface area contributed by atoms with Gasteiger partial charge in [0.2, 0.25) is 0 Å². The van der Waals surface area contributed by atoms with Crippen LogP contribution in [0.1, 0.15) is 17.3 Å². The van der Waals surface area contributed by atoms with Gasteiger partial charge in [0.15, 0.2) is 0 Å². The highest BCUT2D eigenvalue weighted by Crippen LogP contribution is 2.20. The Hall–Kier alpha value is -1.87. The van der Waals surface area contributed by atoms with Crippen LogP contribution in [0.2, 0.25) is 0 Å². The predicted octanol–water partition coefficient (Wildman–Crippen LogP) is 2.20.